The number of unbranched alkanes of at least 4 members (excludes halogenated alkanes) is 30. The van der Waals surface area contributed by atoms with Crippen molar-refractivity contribution in [3.63, 3.8) is 0 Å². The third-order valence-electron chi connectivity index (χ3n) is 10.1. The van der Waals surface area contributed by atoms with Crippen molar-refractivity contribution in [3.05, 3.63) is 35.4 Å². The topological polar surface area (TPSA) is 24.1 Å². The standard InChI is InChI=1S/C44H84N2/c1-3-5-7-9-11-13-15-17-19-21-23-25-27-29-31-33-39-45-41-43-35-37-44(38-36-43)42-46-40-34-32-30-28-26-24-22-20-18-16-14-12-10-8-6-4-2/h35-38,45-46H,3-34,39-42H2,1-2H3. The first-order valence-electron chi connectivity index (χ1n) is 21.4. The maximum absolute atomic E-state index is 3.66. The summed E-state index contributed by atoms with van der Waals surface area (Å²) in [5, 5.41) is 7.32. The monoisotopic (exact) mass is 641 g/mol. The molecule has 0 bridgehead atoms. The van der Waals surface area contributed by atoms with Gasteiger partial charge in [-0.25, -0.2) is 0 Å². The summed E-state index contributed by atoms with van der Waals surface area (Å²) in [5.41, 5.74) is 2.83. The summed E-state index contributed by atoms with van der Waals surface area (Å²) >= 11 is 0. The minimum atomic E-state index is 1.01. The molecule has 46 heavy (non-hydrogen) atoms. The fourth-order valence-electron chi connectivity index (χ4n) is 6.84. The highest BCUT2D eigenvalue weighted by Gasteiger charge is 1.99. The molecule has 0 saturated heterocycles. The second-order valence-electron chi connectivity index (χ2n) is 14.8. The molecule has 1 aromatic carbocycles. The van der Waals surface area contributed by atoms with Gasteiger partial charge in [-0.2, -0.15) is 0 Å². The Labute approximate surface area is 290 Å². The molecule has 0 aliphatic rings. The van der Waals surface area contributed by atoms with Crippen molar-refractivity contribution in [2.24, 2.45) is 0 Å². The Morgan fingerprint density at radius 2 is 0.478 bits per heavy atom. The Morgan fingerprint density at radius 1 is 0.283 bits per heavy atom. The molecule has 0 aliphatic carbocycles. The van der Waals surface area contributed by atoms with E-state index in [1.54, 1.807) is 0 Å². The lowest BCUT2D eigenvalue weighted by molar-refractivity contribution is 0.525. The van der Waals surface area contributed by atoms with Gasteiger partial charge in [-0.15, -0.1) is 0 Å². The van der Waals surface area contributed by atoms with E-state index in [1.165, 1.54) is 217 Å². The summed E-state index contributed by atoms with van der Waals surface area (Å²) in [4.78, 5) is 0. The van der Waals surface area contributed by atoms with E-state index in [1.807, 2.05) is 0 Å². The van der Waals surface area contributed by atoms with Crippen LogP contribution in [0.15, 0.2) is 24.3 Å². The molecule has 0 amide bonds. The summed E-state index contributed by atoms with van der Waals surface area (Å²) in [7, 11) is 0. The molecular weight excluding hydrogens is 556 g/mol. The van der Waals surface area contributed by atoms with Gasteiger partial charge in [0, 0.05) is 13.1 Å². The quantitative estimate of drug-likeness (QED) is 0.0703. The number of hydrogen-bond donors (Lipinski definition) is 2. The Morgan fingerprint density at radius 3 is 0.696 bits per heavy atom. The lowest BCUT2D eigenvalue weighted by Gasteiger charge is -2.08. The first kappa shape index (κ1) is 43.2. The molecule has 270 valence electrons. The van der Waals surface area contributed by atoms with Crippen LogP contribution >= 0.6 is 0 Å². The summed E-state index contributed by atoms with van der Waals surface area (Å²) < 4.78 is 0. The number of nitrogens with one attached hydrogen (secondary N) is 2. The van der Waals surface area contributed by atoms with Gasteiger partial charge in [-0.1, -0.05) is 231 Å². The van der Waals surface area contributed by atoms with Crippen LogP contribution < -0.4 is 10.6 Å². The Hall–Kier alpha value is -0.860. The van der Waals surface area contributed by atoms with Crippen molar-refractivity contribution in [2.75, 3.05) is 13.1 Å². The van der Waals surface area contributed by atoms with Gasteiger partial charge in [0.2, 0.25) is 0 Å². The van der Waals surface area contributed by atoms with Crippen LogP contribution in [0.5, 0.6) is 0 Å². The molecule has 0 heterocycles. The highest BCUT2D eigenvalue weighted by molar-refractivity contribution is 5.22. The molecule has 0 aromatic heterocycles. The van der Waals surface area contributed by atoms with Crippen LogP contribution in [-0.2, 0) is 13.1 Å². The second kappa shape index (κ2) is 37.0. The molecule has 0 unspecified atom stereocenters. The first-order valence-corrected chi connectivity index (χ1v) is 21.4. The SMILES string of the molecule is CCCCCCCCCCCCCCCCCCNCc1ccc(CNCCCCCCCCCCCCCCCCCC)cc1. The minimum Gasteiger partial charge on any atom is -0.313 e. The van der Waals surface area contributed by atoms with E-state index in [0.29, 0.717) is 0 Å². The molecule has 2 heteroatoms. The van der Waals surface area contributed by atoms with Crippen LogP contribution in [0.25, 0.3) is 0 Å². The summed E-state index contributed by atoms with van der Waals surface area (Å²) in [6.45, 7) is 8.93. The number of benzene rings is 1. The highest BCUT2D eigenvalue weighted by atomic mass is 14.8. The highest BCUT2D eigenvalue weighted by Crippen LogP contribution is 2.15. The van der Waals surface area contributed by atoms with Gasteiger partial charge in [0.15, 0.2) is 0 Å². The van der Waals surface area contributed by atoms with E-state index in [2.05, 4.69) is 48.7 Å². The van der Waals surface area contributed by atoms with Crippen LogP contribution in [0.1, 0.15) is 230 Å². The average molecular weight is 641 g/mol. The predicted molar refractivity (Wildman–Crippen MR) is 209 cm³/mol. The van der Waals surface area contributed by atoms with Crippen LogP contribution in [0, 0.1) is 0 Å². The first-order chi connectivity index (χ1) is 22.9. The normalized spacial score (nSPS) is 11.5. The van der Waals surface area contributed by atoms with Crippen molar-refractivity contribution in [2.45, 2.75) is 232 Å². The van der Waals surface area contributed by atoms with Crippen LogP contribution in [0.4, 0.5) is 0 Å². The summed E-state index contributed by atoms with van der Waals surface area (Å²) in [5.74, 6) is 0. The number of rotatable bonds is 38. The third kappa shape index (κ3) is 31.7. The van der Waals surface area contributed by atoms with E-state index >= 15 is 0 Å². The molecule has 0 atom stereocenters. The van der Waals surface area contributed by atoms with Crippen LogP contribution in [0.3, 0.4) is 0 Å². The van der Waals surface area contributed by atoms with Gasteiger partial charge < -0.3 is 10.6 Å². The maximum Gasteiger partial charge on any atom is 0.0205 e. The zero-order valence-electron chi connectivity index (χ0n) is 31.8. The molecule has 1 aromatic rings. The zero-order chi connectivity index (χ0) is 32.9. The molecule has 0 spiro atoms. The van der Waals surface area contributed by atoms with Crippen molar-refractivity contribution >= 4 is 0 Å². The van der Waals surface area contributed by atoms with E-state index in [-0.39, 0.29) is 0 Å². The zero-order valence-corrected chi connectivity index (χ0v) is 31.8. The third-order valence-corrected chi connectivity index (χ3v) is 10.1. The van der Waals surface area contributed by atoms with E-state index < -0.39 is 0 Å². The number of hydrogen-bond acceptors (Lipinski definition) is 2. The van der Waals surface area contributed by atoms with Gasteiger partial charge in [0.05, 0.1) is 0 Å². The maximum atomic E-state index is 3.66. The molecule has 2 nitrogen and oxygen atoms in total. The Kier molecular flexibility index (Phi) is 34.7. The average Bonchev–Trinajstić information content (AvgIpc) is 3.07. The van der Waals surface area contributed by atoms with Gasteiger partial charge in [-0.3, -0.25) is 0 Å². The van der Waals surface area contributed by atoms with Gasteiger partial charge in [0.1, 0.15) is 0 Å². The Balaban J connectivity index is 1.78. The molecule has 0 radical (unpaired) electrons. The van der Waals surface area contributed by atoms with Gasteiger partial charge in [-0.05, 0) is 37.1 Å². The lowest BCUT2D eigenvalue weighted by atomic mass is 10.0. The van der Waals surface area contributed by atoms with Crippen molar-refractivity contribution in [1.82, 2.24) is 10.6 Å². The summed E-state index contributed by atoms with van der Waals surface area (Å²) in [6, 6.07) is 9.25. The predicted octanol–water partition coefficient (Wildman–Crippen LogP) is 14.4. The van der Waals surface area contributed by atoms with E-state index in [0.717, 1.165) is 26.2 Å². The van der Waals surface area contributed by atoms with Crippen molar-refractivity contribution in [3.8, 4) is 0 Å². The van der Waals surface area contributed by atoms with Crippen molar-refractivity contribution in [1.29, 1.82) is 0 Å². The van der Waals surface area contributed by atoms with Gasteiger partial charge in [0.25, 0.3) is 0 Å². The largest absolute Gasteiger partial charge is 0.313 e. The van der Waals surface area contributed by atoms with Crippen molar-refractivity contribution < 1.29 is 0 Å². The fraction of sp³-hybridized carbons (Fsp3) is 0.864. The molecule has 0 fully saturated rings. The van der Waals surface area contributed by atoms with E-state index in [4.69, 9.17) is 0 Å². The molecular formula is C44H84N2. The fourth-order valence-corrected chi connectivity index (χ4v) is 6.84. The van der Waals surface area contributed by atoms with Crippen LogP contribution in [-0.4, -0.2) is 13.1 Å². The van der Waals surface area contributed by atoms with Gasteiger partial charge >= 0.3 is 0 Å². The second-order valence-corrected chi connectivity index (χ2v) is 14.8. The van der Waals surface area contributed by atoms with E-state index in [9.17, 15) is 0 Å². The molecule has 2 N–H and O–H groups in total. The molecule has 1 rings (SSSR count). The van der Waals surface area contributed by atoms with Crippen LogP contribution in [0.2, 0.25) is 0 Å². The Bertz CT molecular complexity index is 625. The smallest absolute Gasteiger partial charge is 0.0205 e. The molecule has 0 aliphatic heterocycles. The lowest BCUT2D eigenvalue weighted by Crippen LogP contribution is -2.16. The minimum absolute atomic E-state index is 1.01. The molecule has 0 saturated carbocycles. The summed E-state index contributed by atoms with van der Waals surface area (Å²) in [6.07, 6.45) is 46.0.